The lowest BCUT2D eigenvalue weighted by atomic mass is 9.97. The van der Waals surface area contributed by atoms with E-state index in [4.69, 9.17) is 28.3 Å². The molecule has 0 radical (unpaired) electrons. The van der Waals surface area contributed by atoms with Crippen LogP contribution < -0.4 is 0 Å². The number of nitroso groups, excluding NO2 is 1. The first-order valence-corrected chi connectivity index (χ1v) is 8.90. The van der Waals surface area contributed by atoms with E-state index in [9.17, 15) is 4.91 Å². The molecule has 2 aromatic rings. The van der Waals surface area contributed by atoms with Crippen LogP contribution in [-0.4, -0.2) is 11.7 Å². The van der Waals surface area contributed by atoms with Gasteiger partial charge in [0.25, 0.3) is 0 Å². The van der Waals surface area contributed by atoms with Gasteiger partial charge in [0.1, 0.15) is 6.04 Å². The highest BCUT2D eigenvalue weighted by molar-refractivity contribution is 6.36. The highest BCUT2D eigenvalue weighted by Gasteiger charge is 2.12. The number of halogens is 2. The van der Waals surface area contributed by atoms with Gasteiger partial charge in [-0.2, -0.15) is 4.91 Å². The van der Waals surface area contributed by atoms with Gasteiger partial charge >= 0.3 is 0 Å². The van der Waals surface area contributed by atoms with Crippen LogP contribution in [0.1, 0.15) is 43.7 Å². The molecule has 0 heterocycles. The van der Waals surface area contributed by atoms with Crippen molar-refractivity contribution < 1.29 is 5.11 Å². The zero-order chi connectivity index (χ0) is 17.4. The minimum atomic E-state index is -0.325. The van der Waals surface area contributed by atoms with Crippen LogP contribution >= 0.6 is 23.2 Å². The van der Waals surface area contributed by atoms with E-state index in [2.05, 4.69) is 5.18 Å². The molecule has 0 aliphatic rings. The predicted octanol–water partition coefficient (Wildman–Crippen LogP) is 6.41. The minimum absolute atomic E-state index is 0.226. The van der Waals surface area contributed by atoms with Crippen molar-refractivity contribution >= 4 is 23.2 Å². The molecule has 0 aliphatic heterocycles. The Hall–Kier alpha value is -1.42. The van der Waals surface area contributed by atoms with Crippen molar-refractivity contribution in [1.82, 2.24) is 0 Å². The van der Waals surface area contributed by atoms with Gasteiger partial charge in [-0.15, -0.1) is 0 Å². The van der Waals surface area contributed by atoms with Gasteiger partial charge in [-0.3, -0.25) is 0 Å². The smallest absolute Gasteiger partial charge is 0.117 e. The number of aliphatic hydroxyl groups is 1. The second-order valence-corrected chi connectivity index (χ2v) is 6.64. The molecule has 1 unspecified atom stereocenters. The van der Waals surface area contributed by atoms with Crippen molar-refractivity contribution in [2.75, 3.05) is 6.61 Å². The Labute approximate surface area is 152 Å². The van der Waals surface area contributed by atoms with Crippen LogP contribution in [0.3, 0.4) is 0 Å². The van der Waals surface area contributed by atoms with E-state index in [1.54, 1.807) is 12.1 Å². The van der Waals surface area contributed by atoms with Gasteiger partial charge < -0.3 is 5.11 Å². The van der Waals surface area contributed by atoms with Gasteiger partial charge in [-0.25, -0.2) is 0 Å². The standard InChI is InChI=1S/C19H21Cl2NO2/c20-16-10-11-17(18(21)13-16)14-6-8-15(9-7-14)19(22-24)5-3-1-2-4-12-23/h6-11,13,19,23H,1-5,12H2. The van der Waals surface area contributed by atoms with Gasteiger partial charge in [0, 0.05) is 22.2 Å². The second kappa shape index (κ2) is 9.77. The molecule has 2 rings (SSSR count). The molecule has 0 aliphatic carbocycles. The molecular weight excluding hydrogens is 345 g/mol. The van der Waals surface area contributed by atoms with E-state index in [1.807, 2.05) is 30.3 Å². The normalized spacial score (nSPS) is 12.1. The first-order chi connectivity index (χ1) is 11.7. The predicted molar refractivity (Wildman–Crippen MR) is 101 cm³/mol. The number of benzene rings is 2. The Bertz CT molecular complexity index is 659. The summed E-state index contributed by atoms with van der Waals surface area (Å²) in [5, 5.41) is 13.2. The molecule has 3 nitrogen and oxygen atoms in total. The average Bonchev–Trinajstić information content (AvgIpc) is 2.59. The minimum Gasteiger partial charge on any atom is -0.396 e. The highest BCUT2D eigenvalue weighted by atomic mass is 35.5. The Morgan fingerprint density at radius 2 is 1.67 bits per heavy atom. The van der Waals surface area contributed by atoms with Crippen molar-refractivity contribution in [2.24, 2.45) is 5.18 Å². The Morgan fingerprint density at radius 1 is 0.958 bits per heavy atom. The largest absolute Gasteiger partial charge is 0.396 e. The lowest BCUT2D eigenvalue weighted by molar-refractivity contribution is 0.282. The lowest BCUT2D eigenvalue weighted by Crippen LogP contribution is -1.95. The average molecular weight is 366 g/mol. The van der Waals surface area contributed by atoms with Crippen LogP contribution in [0.5, 0.6) is 0 Å². The molecule has 24 heavy (non-hydrogen) atoms. The molecule has 1 N–H and O–H groups in total. The second-order valence-electron chi connectivity index (χ2n) is 5.79. The van der Waals surface area contributed by atoms with Crippen LogP contribution in [0.2, 0.25) is 10.0 Å². The summed E-state index contributed by atoms with van der Waals surface area (Å²) in [7, 11) is 0. The van der Waals surface area contributed by atoms with Crippen LogP contribution in [0, 0.1) is 4.91 Å². The molecule has 0 spiro atoms. The lowest BCUT2D eigenvalue weighted by Gasteiger charge is -2.11. The van der Waals surface area contributed by atoms with Crippen molar-refractivity contribution in [2.45, 2.75) is 38.1 Å². The fourth-order valence-corrected chi connectivity index (χ4v) is 3.21. The van der Waals surface area contributed by atoms with E-state index in [0.29, 0.717) is 10.0 Å². The molecule has 1 atom stereocenters. The van der Waals surface area contributed by atoms with Gasteiger partial charge in [-0.05, 0) is 36.1 Å². The summed E-state index contributed by atoms with van der Waals surface area (Å²) in [6, 6.07) is 12.8. The zero-order valence-corrected chi connectivity index (χ0v) is 14.9. The maximum absolute atomic E-state index is 11.1. The molecule has 0 bridgehead atoms. The third kappa shape index (κ3) is 5.30. The van der Waals surface area contributed by atoms with Crippen LogP contribution in [0.15, 0.2) is 47.6 Å². The molecule has 2 aromatic carbocycles. The van der Waals surface area contributed by atoms with Gasteiger partial charge in [0.15, 0.2) is 0 Å². The molecule has 5 heteroatoms. The van der Waals surface area contributed by atoms with Crippen LogP contribution in [0.4, 0.5) is 0 Å². The van der Waals surface area contributed by atoms with E-state index in [-0.39, 0.29) is 12.6 Å². The molecule has 0 aromatic heterocycles. The summed E-state index contributed by atoms with van der Waals surface area (Å²) in [6.45, 7) is 0.226. The number of hydrogen-bond acceptors (Lipinski definition) is 3. The molecule has 128 valence electrons. The maximum atomic E-state index is 11.1. The number of hydrogen-bond donors (Lipinski definition) is 1. The monoisotopic (exact) mass is 365 g/mol. The zero-order valence-electron chi connectivity index (χ0n) is 13.4. The fraction of sp³-hybridized carbons (Fsp3) is 0.368. The number of aliphatic hydroxyl groups excluding tert-OH is 1. The van der Waals surface area contributed by atoms with Gasteiger partial charge in [0.05, 0.1) is 0 Å². The summed E-state index contributed by atoms with van der Waals surface area (Å²) in [4.78, 5) is 11.1. The number of rotatable bonds is 9. The number of nitrogens with zero attached hydrogens (tertiary/aromatic N) is 1. The Morgan fingerprint density at radius 3 is 2.29 bits per heavy atom. The maximum Gasteiger partial charge on any atom is 0.117 e. The first-order valence-electron chi connectivity index (χ1n) is 8.14. The SMILES string of the molecule is O=NC(CCCCCCO)c1ccc(-c2ccc(Cl)cc2Cl)cc1. The van der Waals surface area contributed by atoms with Crippen molar-refractivity contribution in [3.8, 4) is 11.1 Å². The third-order valence-electron chi connectivity index (χ3n) is 4.05. The van der Waals surface area contributed by atoms with Crippen molar-refractivity contribution in [3.05, 3.63) is 63.0 Å². The fourth-order valence-electron chi connectivity index (χ4n) is 2.69. The number of unbranched alkanes of at least 4 members (excludes halogenated alkanes) is 3. The van der Waals surface area contributed by atoms with E-state index < -0.39 is 0 Å². The first kappa shape index (κ1) is 18.9. The van der Waals surface area contributed by atoms with Gasteiger partial charge in [0.2, 0.25) is 0 Å². The molecule has 0 saturated heterocycles. The molecule has 0 saturated carbocycles. The van der Waals surface area contributed by atoms with Crippen molar-refractivity contribution in [1.29, 1.82) is 0 Å². The summed E-state index contributed by atoms with van der Waals surface area (Å²) >= 11 is 12.2. The molecule has 0 amide bonds. The quantitative estimate of drug-likeness (QED) is 0.412. The summed E-state index contributed by atoms with van der Waals surface area (Å²) in [5.41, 5.74) is 2.81. The summed E-state index contributed by atoms with van der Waals surface area (Å²) in [5.74, 6) is 0. The van der Waals surface area contributed by atoms with Crippen molar-refractivity contribution in [3.63, 3.8) is 0 Å². The molecular formula is C19H21Cl2NO2. The van der Waals surface area contributed by atoms with E-state index >= 15 is 0 Å². The van der Waals surface area contributed by atoms with Gasteiger partial charge in [-0.1, -0.05) is 78.0 Å². The van der Waals surface area contributed by atoms with Crippen LogP contribution in [0.25, 0.3) is 11.1 Å². The van der Waals surface area contributed by atoms with E-state index in [1.165, 1.54) is 0 Å². The molecule has 0 fully saturated rings. The Kier molecular flexibility index (Phi) is 7.70. The summed E-state index contributed by atoms with van der Waals surface area (Å²) < 4.78 is 0. The third-order valence-corrected chi connectivity index (χ3v) is 4.60. The highest BCUT2D eigenvalue weighted by Crippen LogP contribution is 2.32. The summed E-state index contributed by atoms with van der Waals surface area (Å²) in [6.07, 6.45) is 4.47. The van der Waals surface area contributed by atoms with Crippen LogP contribution in [-0.2, 0) is 0 Å². The van der Waals surface area contributed by atoms with E-state index in [0.717, 1.165) is 48.8 Å². The topological polar surface area (TPSA) is 49.7 Å². The Balaban J connectivity index is 2.02.